The van der Waals surface area contributed by atoms with Gasteiger partial charge in [-0.1, -0.05) is 297 Å². The molecule has 1 fully saturated rings. The molecule has 1 amide bonds. The minimum atomic E-state index is -1.58. The predicted octanol–water partition coefficient (Wildman–Crippen LogP) is 18.1. The van der Waals surface area contributed by atoms with Crippen molar-refractivity contribution in [3.63, 3.8) is 0 Å². The first-order valence-corrected chi connectivity index (χ1v) is 33.6. The van der Waals surface area contributed by atoms with E-state index in [1.165, 1.54) is 167 Å². The minimum absolute atomic E-state index is 0.192. The Morgan fingerprint density at radius 3 is 1.19 bits per heavy atom. The number of nitrogens with one attached hydrogen (secondary N) is 1. The summed E-state index contributed by atoms with van der Waals surface area (Å²) in [4.78, 5) is 13.1. The summed E-state index contributed by atoms with van der Waals surface area (Å²) >= 11 is 0. The van der Waals surface area contributed by atoms with E-state index < -0.39 is 49.5 Å². The predicted molar refractivity (Wildman–Crippen MR) is 345 cm³/mol. The van der Waals surface area contributed by atoms with Crippen LogP contribution >= 0.6 is 0 Å². The van der Waals surface area contributed by atoms with Gasteiger partial charge in [-0.3, -0.25) is 4.79 Å². The van der Waals surface area contributed by atoms with Gasteiger partial charge in [0.1, 0.15) is 24.4 Å². The highest BCUT2D eigenvalue weighted by atomic mass is 16.7. The molecule has 1 heterocycles. The average Bonchev–Trinajstić information content (AvgIpc) is 3.50. The Bertz CT molecular complexity index is 1640. The largest absolute Gasteiger partial charge is 0.394 e. The highest BCUT2D eigenvalue weighted by Gasteiger charge is 2.44. The molecule has 81 heavy (non-hydrogen) atoms. The number of aliphatic hydroxyl groups is 5. The number of rotatable bonds is 57. The van der Waals surface area contributed by atoms with Crippen molar-refractivity contribution >= 4 is 5.91 Å². The summed E-state index contributed by atoms with van der Waals surface area (Å²) in [6.45, 7) is 3.67. The van der Waals surface area contributed by atoms with Crippen LogP contribution in [0.25, 0.3) is 0 Å². The summed E-state index contributed by atoms with van der Waals surface area (Å²) in [5.74, 6) is -0.192. The molecule has 1 rings (SSSR count). The number of unbranched alkanes of at least 4 members (excludes halogenated alkanes) is 31. The van der Waals surface area contributed by atoms with E-state index in [9.17, 15) is 30.3 Å². The summed E-state index contributed by atoms with van der Waals surface area (Å²) in [6.07, 6.45) is 81.8. The molecule has 0 aromatic heterocycles. The van der Waals surface area contributed by atoms with Crippen molar-refractivity contribution in [3.8, 4) is 0 Å². The quantitative estimate of drug-likeness (QED) is 0.0261. The first-order chi connectivity index (χ1) is 39.8. The third-order valence-corrected chi connectivity index (χ3v) is 15.3. The molecule has 1 aliphatic rings. The molecule has 9 heteroatoms. The van der Waals surface area contributed by atoms with Gasteiger partial charge in [-0.25, -0.2) is 0 Å². The topological polar surface area (TPSA) is 149 Å². The highest BCUT2D eigenvalue weighted by Crippen LogP contribution is 2.23. The summed E-state index contributed by atoms with van der Waals surface area (Å²) in [7, 11) is 0. The average molecular weight is 1130 g/mol. The number of carbonyl (C=O) groups is 1. The van der Waals surface area contributed by atoms with Crippen LogP contribution in [0, 0.1) is 0 Å². The van der Waals surface area contributed by atoms with Crippen molar-refractivity contribution in [2.75, 3.05) is 13.2 Å². The Kier molecular flexibility index (Phi) is 56.2. The lowest BCUT2D eigenvalue weighted by Gasteiger charge is -2.40. The normalized spacial score (nSPS) is 19.1. The zero-order chi connectivity index (χ0) is 58.6. The zero-order valence-electron chi connectivity index (χ0n) is 52.0. The molecular weight excluding hydrogens is 1010 g/mol. The Hall–Kier alpha value is -3.15. The number of amides is 1. The molecule has 6 N–H and O–H groups in total. The van der Waals surface area contributed by atoms with Gasteiger partial charge >= 0.3 is 0 Å². The Labute approximate surface area is 497 Å². The van der Waals surface area contributed by atoms with Crippen molar-refractivity contribution in [2.24, 2.45) is 0 Å². The molecule has 9 nitrogen and oxygen atoms in total. The van der Waals surface area contributed by atoms with Crippen molar-refractivity contribution in [1.82, 2.24) is 5.32 Å². The van der Waals surface area contributed by atoms with Crippen LogP contribution in [-0.2, 0) is 14.3 Å². The molecule has 0 aromatic carbocycles. The second-order valence-electron chi connectivity index (χ2n) is 22.9. The van der Waals surface area contributed by atoms with Crippen molar-refractivity contribution in [1.29, 1.82) is 0 Å². The molecule has 0 spiro atoms. The molecule has 0 aliphatic carbocycles. The summed E-state index contributed by atoms with van der Waals surface area (Å²) in [5.41, 5.74) is 0. The molecule has 0 saturated carbocycles. The molecule has 7 atom stereocenters. The minimum Gasteiger partial charge on any atom is -0.394 e. The van der Waals surface area contributed by atoms with Gasteiger partial charge in [-0.05, 0) is 89.9 Å². The summed E-state index contributed by atoms with van der Waals surface area (Å²) < 4.78 is 11.3. The van der Waals surface area contributed by atoms with Crippen LogP contribution in [0.15, 0.2) is 109 Å². The Balaban J connectivity index is 2.19. The second-order valence-corrected chi connectivity index (χ2v) is 22.9. The standard InChI is InChI=1S/C72H125NO8/c1-3-5-7-9-11-13-15-17-19-21-23-25-27-29-30-31-32-33-34-35-36-38-40-42-44-46-48-50-52-54-56-58-60-62-68(76)73-65(64-80-72-71(79)70(78)69(77)67(63-74)81-72)66(75)61-59-57-55-53-51-49-47-45-43-41-39-37-28-26-24-22-20-18-16-14-12-10-8-6-4-2/h5,7,11,13,17,19,23,25,29-30,32-33,35-36,51,53,59,61,65-67,69-72,74-75,77-79H,3-4,6,8-10,12,14-16,18,20-22,24,26-28,31,34,37-50,52,54-58,60,62-64H2,1-2H3,(H,73,76)/b7-5-,13-11-,19-17-,25-23-,30-29-,33-32-,36-35-,53-51+,61-59+. The fourth-order valence-electron chi connectivity index (χ4n) is 10.1. The molecule has 1 saturated heterocycles. The maximum atomic E-state index is 13.1. The molecular formula is C72H125NO8. The van der Waals surface area contributed by atoms with Gasteiger partial charge in [0.2, 0.25) is 5.91 Å². The fraction of sp³-hybridized carbons (Fsp3) is 0.736. The molecule has 7 unspecified atom stereocenters. The van der Waals surface area contributed by atoms with Crippen LogP contribution in [0.2, 0.25) is 0 Å². The Morgan fingerprint density at radius 2 is 0.778 bits per heavy atom. The van der Waals surface area contributed by atoms with Crippen LogP contribution in [0.5, 0.6) is 0 Å². The molecule has 0 radical (unpaired) electrons. The Morgan fingerprint density at radius 1 is 0.432 bits per heavy atom. The van der Waals surface area contributed by atoms with Crippen molar-refractivity contribution in [3.05, 3.63) is 109 Å². The van der Waals surface area contributed by atoms with Crippen LogP contribution in [0.1, 0.15) is 284 Å². The monoisotopic (exact) mass is 1130 g/mol. The van der Waals surface area contributed by atoms with Gasteiger partial charge in [0.25, 0.3) is 0 Å². The third-order valence-electron chi connectivity index (χ3n) is 15.3. The lowest BCUT2D eigenvalue weighted by molar-refractivity contribution is -0.302. The third kappa shape index (κ3) is 48.9. The summed E-state index contributed by atoms with van der Waals surface area (Å²) in [6, 6.07) is -0.832. The first kappa shape index (κ1) is 75.9. The lowest BCUT2D eigenvalue weighted by Crippen LogP contribution is -2.60. The first-order valence-electron chi connectivity index (χ1n) is 33.6. The van der Waals surface area contributed by atoms with Gasteiger partial charge in [-0.2, -0.15) is 0 Å². The van der Waals surface area contributed by atoms with Crippen LogP contribution < -0.4 is 5.32 Å². The molecule has 466 valence electrons. The van der Waals surface area contributed by atoms with E-state index in [1.54, 1.807) is 6.08 Å². The van der Waals surface area contributed by atoms with E-state index in [0.29, 0.717) is 6.42 Å². The molecule has 0 bridgehead atoms. The number of allylic oxidation sites excluding steroid dienone is 17. The maximum Gasteiger partial charge on any atom is 0.220 e. The van der Waals surface area contributed by atoms with Crippen molar-refractivity contribution in [2.45, 2.75) is 326 Å². The highest BCUT2D eigenvalue weighted by molar-refractivity contribution is 5.76. The number of ether oxygens (including phenoxy) is 2. The molecule has 1 aliphatic heterocycles. The number of hydrogen-bond acceptors (Lipinski definition) is 8. The van der Waals surface area contributed by atoms with Crippen LogP contribution in [0.3, 0.4) is 0 Å². The zero-order valence-corrected chi connectivity index (χ0v) is 52.0. The van der Waals surface area contributed by atoms with Gasteiger partial charge in [0, 0.05) is 6.42 Å². The van der Waals surface area contributed by atoms with Gasteiger partial charge < -0.3 is 40.3 Å². The smallest absolute Gasteiger partial charge is 0.220 e. The van der Waals surface area contributed by atoms with Crippen LogP contribution in [0.4, 0.5) is 0 Å². The van der Waals surface area contributed by atoms with E-state index in [4.69, 9.17) is 9.47 Å². The number of aliphatic hydroxyl groups excluding tert-OH is 5. The number of carbonyl (C=O) groups excluding carboxylic acids is 1. The van der Waals surface area contributed by atoms with Crippen molar-refractivity contribution < 1.29 is 39.8 Å². The van der Waals surface area contributed by atoms with Gasteiger partial charge in [0.15, 0.2) is 6.29 Å². The van der Waals surface area contributed by atoms with E-state index in [0.717, 1.165) is 96.3 Å². The molecule has 0 aromatic rings. The number of hydrogen-bond donors (Lipinski definition) is 6. The summed E-state index contributed by atoms with van der Waals surface area (Å²) in [5, 5.41) is 54.7. The van der Waals surface area contributed by atoms with Gasteiger partial charge in [0.05, 0.1) is 25.4 Å². The van der Waals surface area contributed by atoms with Crippen LogP contribution in [-0.4, -0.2) is 87.5 Å². The fourth-order valence-corrected chi connectivity index (χ4v) is 10.1. The SMILES string of the molecule is CC/C=C\C/C=C\C/C=C\C/C=C\C/C=C\C/C=C\C/C=C\CCCCCCCCCCCCCC(=O)NC(COC1OC(CO)C(O)C(O)C1O)C(O)/C=C/CC/C=C/CCCCCCCCCCCCCCCCCCCCC. The van der Waals surface area contributed by atoms with E-state index in [-0.39, 0.29) is 12.5 Å². The maximum absolute atomic E-state index is 13.1. The van der Waals surface area contributed by atoms with Gasteiger partial charge in [-0.15, -0.1) is 0 Å². The lowest BCUT2D eigenvalue weighted by atomic mass is 9.99. The van der Waals surface area contributed by atoms with E-state index >= 15 is 0 Å². The van der Waals surface area contributed by atoms with E-state index in [2.05, 4.69) is 116 Å². The van der Waals surface area contributed by atoms with E-state index in [1.807, 2.05) is 6.08 Å². The second kappa shape index (κ2) is 60.0.